The van der Waals surface area contributed by atoms with Gasteiger partial charge in [0, 0.05) is 0 Å². The Morgan fingerprint density at radius 3 is 2.75 bits per heavy atom. The third-order valence-electron chi connectivity index (χ3n) is 0.653. The van der Waals surface area contributed by atoms with Gasteiger partial charge in [-0.05, 0) is 22.9 Å². The van der Waals surface area contributed by atoms with Gasteiger partial charge in [0.2, 0.25) is 4.73 Å². The second-order valence-electron chi connectivity index (χ2n) is 1.37. The van der Waals surface area contributed by atoms with Gasteiger partial charge in [0.25, 0.3) is 0 Å². The molecule has 1 aromatic heterocycles. The molecule has 8 heavy (non-hydrogen) atoms. The van der Waals surface area contributed by atoms with Gasteiger partial charge in [-0.25, -0.2) is 4.98 Å². The van der Waals surface area contributed by atoms with Crippen molar-refractivity contribution in [2.45, 2.75) is 6.92 Å². The van der Waals surface area contributed by atoms with Crippen molar-refractivity contribution < 1.29 is 0 Å². The molecule has 0 aliphatic rings. The summed E-state index contributed by atoms with van der Waals surface area (Å²) in [4.78, 5) is 3.92. The van der Waals surface area contributed by atoms with Gasteiger partial charge in [0.15, 0.2) is 0 Å². The van der Waals surface area contributed by atoms with Gasteiger partial charge >= 0.3 is 0 Å². The number of halogens is 1. The van der Waals surface area contributed by atoms with Crippen LogP contribution in [-0.4, -0.2) is 15.2 Å². The lowest BCUT2D eigenvalue weighted by Crippen LogP contribution is -1.87. The molecule has 0 saturated carbocycles. The van der Waals surface area contributed by atoms with Crippen molar-refractivity contribution in [3.8, 4) is 0 Å². The summed E-state index contributed by atoms with van der Waals surface area (Å²) in [6.07, 6.45) is 1.60. The van der Waals surface area contributed by atoms with Gasteiger partial charge in [-0.2, -0.15) is 5.10 Å². The van der Waals surface area contributed by atoms with Crippen LogP contribution < -0.4 is 0 Å². The largest absolute Gasteiger partial charge is 0.224 e. The summed E-state index contributed by atoms with van der Waals surface area (Å²) in [5.41, 5.74) is 0.867. The molecule has 0 bridgehead atoms. The molecule has 1 heterocycles. The molecule has 1 rings (SSSR count). The summed E-state index contributed by atoms with van der Waals surface area (Å²) in [6.45, 7) is 1.86. The number of nitrogens with zero attached hydrogens (tertiary/aromatic N) is 3. The van der Waals surface area contributed by atoms with Gasteiger partial charge < -0.3 is 0 Å². The van der Waals surface area contributed by atoms with Crippen LogP contribution in [0, 0.1) is 6.92 Å². The van der Waals surface area contributed by atoms with Gasteiger partial charge in [-0.15, -0.1) is 5.10 Å². The van der Waals surface area contributed by atoms with Gasteiger partial charge in [-0.1, -0.05) is 0 Å². The Hall–Kier alpha value is -0.510. The normalized spacial score (nSPS) is 9.25. The van der Waals surface area contributed by atoms with Gasteiger partial charge in [0.05, 0.1) is 11.9 Å². The first-order chi connectivity index (χ1) is 3.79. The molecule has 3 nitrogen and oxygen atoms in total. The van der Waals surface area contributed by atoms with Crippen molar-refractivity contribution in [3.63, 3.8) is 0 Å². The van der Waals surface area contributed by atoms with Crippen LogP contribution in [0.2, 0.25) is 0 Å². The molecule has 0 aliphatic heterocycles. The number of hydrogen-bond acceptors (Lipinski definition) is 3. The highest BCUT2D eigenvalue weighted by Gasteiger charge is 1.87. The predicted molar refractivity (Wildman–Crippen MR) is 32.3 cm³/mol. The molecule has 0 N–H and O–H groups in total. The van der Waals surface area contributed by atoms with E-state index in [9.17, 15) is 0 Å². The maximum atomic E-state index is 3.92. The van der Waals surface area contributed by atoms with Crippen LogP contribution in [0.3, 0.4) is 0 Å². The Morgan fingerprint density at radius 2 is 2.38 bits per heavy atom. The second kappa shape index (κ2) is 2.17. The Balaban J connectivity index is 3.08. The zero-order valence-electron chi connectivity index (χ0n) is 4.30. The molecule has 0 aromatic carbocycles. The zero-order chi connectivity index (χ0) is 5.98. The fourth-order valence-corrected chi connectivity index (χ4v) is 0.728. The van der Waals surface area contributed by atoms with Crippen LogP contribution in [0.25, 0.3) is 0 Å². The van der Waals surface area contributed by atoms with Gasteiger partial charge in [-0.3, -0.25) is 0 Å². The van der Waals surface area contributed by atoms with E-state index >= 15 is 0 Å². The maximum Gasteiger partial charge on any atom is 0.218 e. The smallest absolute Gasteiger partial charge is 0.218 e. The highest BCUT2D eigenvalue weighted by molar-refractivity contribution is 9.10. The monoisotopic (exact) mass is 173 g/mol. The molecular weight excluding hydrogens is 170 g/mol. The Morgan fingerprint density at radius 1 is 1.62 bits per heavy atom. The van der Waals surface area contributed by atoms with Crippen molar-refractivity contribution in [3.05, 3.63) is 16.6 Å². The van der Waals surface area contributed by atoms with Crippen molar-refractivity contribution in [1.29, 1.82) is 0 Å². The average Bonchev–Trinajstić information content (AvgIpc) is 1.64. The lowest BCUT2D eigenvalue weighted by atomic mass is 10.6. The highest BCUT2D eigenvalue weighted by atomic mass is 79.9. The SMILES string of the molecule is Cc1cnnc(Br)n1. The van der Waals surface area contributed by atoms with E-state index in [1.165, 1.54) is 0 Å². The third-order valence-corrected chi connectivity index (χ3v) is 0.989. The van der Waals surface area contributed by atoms with E-state index in [4.69, 9.17) is 0 Å². The minimum absolute atomic E-state index is 0.539. The minimum Gasteiger partial charge on any atom is -0.224 e. The molecule has 0 radical (unpaired) electrons. The Labute approximate surface area is 55.3 Å². The van der Waals surface area contributed by atoms with Crippen LogP contribution in [0.1, 0.15) is 5.69 Å². The molecule has 0 fully saturated rings. The van der Waals surface area contributed by atoms with E-state index in [0.29, 0.717) is 4.73 Å². The van der Waals surface area contributed by atoms with Crippen LogP contribution in [-0.2, 0) is 0 Å². The number of aryl methyl sites for hydroxylation is 1. The standard InChI is InChI=1S/C4H4BrN3/c1-3-2-6-8-4(5)7-3/h2H,1H3. The van der Waals surface area contributed by atoms with E-state index in [-0.39, 0.29) is 0 Å². The first kappa shape index (κ1) is 5.62. The Bertz CT molecular complexity index is 171. The predicted octanol–water partition coefficient (Wildman–Crippen LogP) is 0.943. The number of rotatable bonds is 0. The van der Waals surface area contributed by atoms with Crippen LogP contribution in [0.15, 0.2) is 10.9 Å². The molecule has 0 aliphatic carbocycles. The number of hydrogen-bond donors (Lipinski definition) is 0. The van der Waals surface area contributed by atoms with Gasteiger partial charge in [0.1, 0.15) is 0 Å². The first-order valence-electron chi connectivity index (χ1n) is 2.11. The van der Waals surface area contributed by atoms with E-state index < -0.39 is 0 Å². The summed E-state index contributed by atoms with van der Waals surface area (Å²) in [6, 6.07) is 0. The van der Waals surface area contributed by atoms with Crippen molar-refractivity contribution in [2.24, 2.45) is 0 Å². The molecule has 0 saturated heterocycles. The van der Waals surface area contributed by atoms with E-state index in [1.54, 1.807) is 6.20 Å². The van der Waals surface area contributed by atoms with Crippen molar-refractivity contribution >= 4 is 15.9 Å². The lowest BCUT2D eigenvalue weighted by Gasteiger charge is -1.86. The fraction of sp³-hybridized carbons (Fsp3) is 0.250. The molecule has 0 atom stereocenters. The third kappa shape index (κ3) is 1.23. The molecule has 0 unspecified atom stereocenters. The molecular formula is C4H4BrN3. The molecule has 42 valence electrons. The lowest BCUT2D eigenvalue weighted by molar-refractivity contribution is 0.906. The molecule has 0 spiro atoms. The summed E-state index contributed by atoms with van der Waals surface area (Å²) >= 11 is 3.08. The topological polar surface area (TPSA) is 38.7 Å². The van der Waals surface area contributed by atoms with E-state index in [0.717, 1.165) is 5.69 Å². The minimum atomic E-state index is 0.539. The maximum absolute atomic E-state index is 3.92. The molecule has 1 aromatic rings. The highest BCUT2D eigenvalue weighted by Crippen LogP contribution is 1.97. The second-order valence-corrected chi connectivity index (χ2v) is 2.08. The van der Waals surface area contributed by atoms with Crippen molar-refractivity contribution in [2.75, 3.05) is 0 Å². The Kier molecular flexibility index (Phi) is 1.53. The number of aromatic nitrogens is 3. The van der Waals surface area contributed by atoms with Crippen molar-refractivity contribution in [1.82, 2.24) is 15.2 Å². The summed E-state index contributed by atoms with van der Waals surface area (Å²) in [5.74, 6) is 0. The van der Waals surface area contributed by atoms with Crippen LogP contribution in [0.5, 0.6) is 0 Å². The fourth-order valence-electron chi connectivity index (χ4n) is 0.357. The summed E-state index contributed by atoms with van der Waals surface area (Å²) in [5, 5.41) is 7.22. The molecule has 4 heteroatoms. The molecule has 0 amide bonds. The quantitative estimate of drug-likeness (QED) is 0.587. The van der Waals surface area contributed by atoms with E-state index in [2.05, 4.69) is 31.1 Å². The summed E-state index contributed by atoms with van der Waals surface area (Å²) < 4.78 is 0.539. The van der Waals surface area contributed by atoms with Crippen LogP contribution >= 0.6 is 15.9 Å². The summed E-state index contributed by atoms with van der Waals surface area (Å²) in [7, 11) is 0. The average molecular weight is 174 g/mol. The first-order valence-corrected chi connectivity index (χ1v) is 2.90. The van der Waals surface area contributed by atoms with Crippen LogP contribution in [0.4, 0.5) is 0 Å². The van der Waals surface area contributed by atoms with E-state index in [1.807, 2.05) is 6.92 Å². The zero-order valence-corrected chi connectivity index (χ0v) is 5.88.